The van der Waals surface area contributed by atoms with Crippen molar-refractivity contribution in [1.29, 1.82) is 0 Å². The highest BCUT2D eigenvalue weighted by Crippen LogP contribution is 2.24. The van der Waals surface area contributed by atoms with Crippen LogP contribution in [0.1, 0.15) is 26.2 Å². The van der Waals surface area contributed by atoms with Crippen LogP contribution < -0.4 is 5.32 Å². The third kappa shape index (κ3) is 3.80. The molecule has 1 atom stereocenters. The molecule has 2 heteroatoms. The fourth-order valence-corrected chi connectivity index (χ4v) is 1.43. The third-order valence-corrected chi connectivity index (χ3v) is 2.63. The molecule has 1 saturated carbocycles. The van der Waals surface area contributed by atoms with Gasteiger partial charge in [-0.2, -0.15) is 0 Å². The summed E-state index contributed by atoms with van der Waals surface area (Å²) in [4.78, 5) is 2.41. The Hall–Kier alpha value is -0.520. The minimum atomic E-state index is 0.257. The van der Waals surface area contributed by atoms with E-state index in [4.69, 9.17) is 6.42 Å². The maximum Gasteiger partial charge on any atom is 0.0684 e. The Bertz CT molecular complexity index is 179. The number of hydrogen-bond acceptors (Lipinski definition) is 2. The van der Waals surface area contributed by atoms with E-state index in [1.54, 1.807) is 0 Å². The van der Waals surface area contributed by atoms with Crippen LogP contribution in [0.5, 0.6) is 0 Å². The lowest BCUT2D eigenvalue weighted by molar-refractivity contribution is 0.318. The molecule has 13 heavy (non-hydrogen) atoms. The highest BCUT2D eigenvalue weighted by molar-refractivity contribution is 4.97. The topological polar surface area (TPSA) is 15.3 Å². The zero-order valence-electron chi connectivity index (χ0n) is 8.71. The molecule has 2 nitrogen and oxygen atoms in total. The number of terminal acetylenes is 1. The normalized spacial score (nSPS) is 18.6. The van der Waals surface area contributed by atoms with Crippen molar-refractivity contribution < 1.29 is 0 Å². The molecule has 74 valence electrons. The maximum absolute atomic E-state index is 5.35. The van der Waals surface area contributed by atoms with Gasteiger partial charge in [0.15, 0.2) is 0 Å². The molecule has 0 radical (unpaired) electrons. The van der Waals surface area contributed by atoms with Crippen molar-refractivity contribution in [3.63, 3.8) is 0 Å². The molecule has 0 spiro atoms. The van der Waals surface area contributed by atoms with E-state index in [9.17, 15) is 0 Å². The van der Waals surface area contributed by atoms with Crippen molar-refractivity contribution in [2.45, 2.75) is 38.3 Å². The molecule has 0 saturated heterocycles. The van der Waals surface area contributed by atoms with Crippen molar-refractivity contribution in [2.75, 3.05) is 20.1 Å². The van der Waals surface area contributed by atoms with E-state index < -0.39 is 0 Å². The first-order valence-corrected chi connectivity index (χ1v) is 5.17. The van der Waals surface area contributed by atoms with Gasteiger partial charge >= 0.3 is 0 Å². The standard InChI is InChI=1S/C11H20N2/c1-4-10(5-2)12-8-9-13(3)11-6-7-11/h1,10-12H,5-9H2,2-3H3. The molecule has 0 aromatic rings. The fraction of sp³-hybridized carbons (Fsp3) is 0.818. The quantitative estimate of drug-likeness (QED) is 0.615. The molecule has 1 aliphatic carbocycles. The molecule has 0 aliphatic heterocycles. The van der Waals surface area contributed by atoms with Crippen LogP contribution >= 0.6 is 0 Å². The van der Waals surface area contributed by atoms with E-state index in [1.807, 2.05) is 0 Å². The number of hydrogen-bond donors (Lipinski definition) is 1. The van der Waals surface area contributed by atoms with Gasteiger partial charge in [-0.15, -0.1) is 6.42 Å². The second kappa shape index (κ2) is 5.26. The minimum absolute atomic E-state index is 0.257. The zero-order valence-corrected chi connectivity index (χ0v) is 8.71. The van der Waals surface area contributed by atoms with Crippen LogP contribution in [0.2, 0.25) is 0 Å². The molecule has 1 rings (SSSR count). The molecule has 0 heterocycles. The molecule has 0 aromatic carbocycles. The van der Waals surface area contributed by atoms with Gasteiger partial charge in [0.2, 0.25) is 0 Å². The summed E-state index contributed by atoms with van der Waals surface area (Å²) in [5.74, 6) is 2.74. The first kappa shape index (κ1) is 10.6. The SMILES string of the molecule is C#CC(CC)NCCN(C)C1CC1. The van der Waals surface area contributed by atoms with Gasteiger partial charge in [-0.3, -0.25) is 0 Å². The van der Waals surface area contributed by atoms with Crippen molar-refractivity contribution in [3.8, 4) is 12.3 Å². The van der Waals surface area contributed by atoms with Crippen molar-refractivity contribution in [1.82, 2.24) is 10.2 Å². The molecule has 0 aromatic heterocycles. The summed E-state index contributed by atoms with van der Waals surface area (Å²) >= 11 is 0. The average molecular weight is 180 g/mol. The van der Waals surface area contributed by atoms with E-state index in [2.05, 4.69) is 30.1 Å². The highest BCUT2D eigenvalue weighted by Gasteiger charge is 2.25. The summed E-state index contributed by atoms with van der Waals surface area (Å²) in [6.07, 6.45) is 9.12. The lowest BCUT2D eigenvalue weighted by Gasteiger charge is -2.17. The molecule has 1 N–H and O–H groups in total. The fourth-order valence-electron chi connectivity index (χ4n) is 1.43. The molecule has 0 amide bonds. The number of nitrogens with one attached hydrogen (secondary N) is 1. The number of likely N-dealkylation sites (N-methyl/N-ethyl adjacent to an activating group) is 1. The van der Waals surface area contributed by atoms with Crippen molar-refractivity contribution in [3.05, 3.63) is 0 Å². The molecular formula is C11H20N2. The van der Waals surface area contributed by atoms with E-state index in [1.165, 1.54) is 12.8 Å². The lowest BCUT2D eigenvalue weighted by atomic mass is 10.2. The summed E-state index contributed by atoms with van der Waals surface area (Å²) in [5, 5.41) is 3.35. The predicted molar refractivity (Wildman–Crippen MR) is 56.6 cm³/mol. The molecule has 1 aliphatic rings. The van der Waals surface area contributed by atoms with Crippen LogP contribution in [0.25, 0.3) is 0 Å². The summed E-state index contributed by atoms with van der Waals surface area (Å²) in [6, 6.07) is 1.11. The summed E-state index contributed by atoms with van der Waals surface area (Å²) in [5.41, 5.74) is 0. The van der Waals surface area contributed by atoms with Crippen LogP contribution in [-0.2, 0) is 0 Å². The van der Waals surface area contributed by atoms with Gasteiger partial charge in [-0.25, -0.2) is 0 Å². The summed E-state index contributed by atoms with van der Waals surface area (Å²) < 4.78 is 0. The highest BCUT2D eigenvalue weighted by atomic mass is 15.2. The van der Waals surface area contributed by atoms with Crippen molar-refractivity contribution in [2.24, 2.45) is 0 Å². The van der Waals surface area contributed by atoms with Crippen LogP contribution in [0.15, 0.2) is 0 Å². The van der Waals surface area contributed by atoms with Gasteiger partial charge in [0.1, 0.15) is 0 Å². The Morgan fingerprint density at radius 1 is 1.62 bits per heavy atom. The van der Waals surface area contributed by atoms with Crippen LogP contribution in [-0.4, -0.2) is 37.1 Å². The van der Waals surface area contributed by atoms with Gasteiger partial charge in [0, 0.05) is 19.1 Å². The summed E-state index contributed by atoms with van der Waals surface area (Å²) in [7, 11) is 2.19. The van der Waals surface area contributed by atoms with Crippen molar-refractivity contribution >= 4 is 0 Å². The molecule has 0 bridgehead atoms. The predicted octanol–water partition coefficient (Wildman–Crippen LogP) is 1.08. The van der Waals surface area contributed by atoms with E-state index in [-0.39, 0.29) is 6.04 Å². The smallest absolute Gasteiger partial charge is 0.0684 e. The molecule has 1 fully saturated rings. The van der Waals surface area contributed by atoms with E-state index in [0.29, 0.717) is 0 Å². The largest absolute Gasteiger partial charge is 0.302 e. The first-order valence-electron chi connectivity index (χ1n) is 5.17. The Balaban J connectivity index is 2.02. The Morgan fingerprint density at radius 2 is 2.31 bits per heavy atom. The first-order chi connectivity index (χ1) is 6.27. The Labute approximate surface area is 81.7 Å². The Kier molecular flexibility index (Phi) is 4.27. The zero-order chi connectivity index (χ0) is 9.68. The van der Waals surface area contributed by atoms with Gasteiger partial charge in [-0.1, -0.05) is 12.8 Å². The van der Waals surface area contributed by atoms with Crippen LogP contribution in [0.3, 0.4) is 0 Å². The summed E-state index contributed by atoms with van der Waals surface area (Å²) in [6.45, 7) is 4.24. The van der Waals surface area contributed by atoms with E-state index in [0.717, 1.165) is 25.6 Å². The Morgan fingerprint density at radius 3 is 2.77 bits per heavy atom. The number of nitrogens with zero attached hydrogens (tertiary/aromatic N) is 1. The lowest BCUT2D eigenvalue weighted by Crippen LogP contribution is -2.35. The van der Waals surface area contributed by atoms with Gasteiger partial charge in [-0.05, 0) is 26.3 Å². The maximum atomic E-state index is 5.35. The molecular weight excluding hydrogens is 160 g/mol. The van der Waals surface area contributed by atoms with Gasteiger partial charge in [0.05, 0.1) is 6.04 Å². The van der Waals surface area contributed by atoms with Gasteiger partial charge < -0.3 is 10.2 Å². The minimum Gasteiger partial charge on any atom is -0.302 e. The second-order valence-corrected chi connectivity index (χ2v) is 3.79. The van der Waals surface area contributed by atoms with Crippen LogP contribution in [0.4, 0.5) is 0 Å². The van der Waals surface area contributed by atoms with E-state index >= 15 is 0 Å². The van der Waals surface area contributed by atoms with Gasteiger partial charge in [0.25, 0.3) is 0 Å². The second-order valence-electron chi connectivity index (χ2n) is 3.79. The average Bonchev–Trinajstić information content (AvgIpc) is 2.95. The number of rotatable bonds is 6. The van der Waals surface area contributed by atoms with Crippen LogP contribution in [0, 0.1) is 12.3 Å². The molecule has 1 unspecified atom stereocenters. The third-order valence-electron chi connectivity index (χ3n) is 2.63. The monoisotopic (exact) mass is 180 g/mol.